The Morgan fingerprint density at radius 1 is 0.962 bits per heavy atom. The maximum atomic E-state index is 13.6. The summed E-state index contributed by atoms with van der Waals surface area (Å²) in [6, 6.07) is 14.5. The van der Waals surface area contributed by atoms with Crippen molar-refractivity contribution >= 4 is 11.0 Å². The van der Waals surface area contributed by atoms with Gasteiger partial charge in [-0.15, -0.1) is 0 Å². The largest absolute Gasteiger partial charge is 0.264 e. The molecule has 2 aromatic heterocycles. The van der Waals surface area contributed by atoms with Gasteiger partial charge in [-0.05, 0) is 37.3 Å². The van der Waals surface area contributed by atoms with Gasteiger partial charge in [-0.3, -0.25) is 0 Å². The van der Waals surface area contributed by atoms with Gasteiger partial charge in [0.1, 0.15) is 5.82 Å². The summed E-state index contributed by atoms with van der Waals surface area (Å²) in [5.41, 5.74) is 2.99. The Balaban J connectivity index is 1.96. The lowest BCUT2D eigenvalue weighted by Gasteiger charge is -2.09. The quantitative estimate of drug-likeness (QED) is 0.489. The normalized spacial score (nSPS) is 11.4. The number of aromatic nitrogens is 3. The molecule has 0 aliphatic carbocycles. The van der Waals surface area contributed by atoms with E-state index in [9.17, 15) is 13.2 Å². The first kappa shape index (κ1) is 16.3. The summed E-state index contributed by atoms with van der Waals surface area (Å²) >= 11 is 0. The summed E-state index contributed by atoms with van der Waals surface area (Å²) in [6.45, 7) is 1.95. The maximum absolute atomic E-state index is 13.6. The molecule has 0 saturated carbocycles. The second kappa shape index (κ2) is 6.29. The van der Waals surface area contributed by atoms with Crippen molar-refractivity contribution in [2.75, 3.05) is 0 Å². The van der Waals surface area contributed by atoms with E-state index in [-0.39, 0.29) is 16.8 Å². The number of hydrogen-bond acceptors (Lipinski definition) is 2. The van der Waals surface area contributed by atoms with Gasteiger partial charge in [0, 0.05) is 16.5 Å². The molecule has 0 amide bonds. The molecule has 0 N–H and O–H groups in total. The highest BCUT2D eigenvalue weighted by Gasteiger charge is 2.19. The predicted molar refractivity (Wildman–Crippen MR) is 94.0 cm³/mol. The molecule has 0 atom stereocenters. The third-order valence-electron chi connectivity index (χ3n) is 4.23. The van der Waals surface area contributed by atoms with Crippen LogP contribution in [0.2, 0.25) is 0 Å². The second-order valence-corrected chi connectivity index (χ2v) is 6.03. The summed E-state index contributed by atoms with van der Waals surface area (Å²) in [5, 5.41) is 4.46. The molecule has 6 heteroatoms. The molecule has 0 aliphatic rings. The minimum atomic E-state index is -2.66. The van der Waals surface area contributed by atoms with E-state index in [4.69, 9.17) is 0 Å². The highest BCUT2D eigenvalue weighted by atomic mass is 19.3. The van der Waals surface area contributed by atoms with Crippen LogP contribution in [-0.2, 0) is 0 Å². The fourth-order valence-corrected chi connectivity index (χ4v) is 2.85. The van der Waals surface area contributed by atoms with E-state index in [1.807, 2.05) is 31.2 Å². The molecule has 4 aromatic rings. The van der Waals surface area contributed by atoms with Crippen LogP contribution in [-0.4, -0.2) is 14.8 Å². The fourth-order valence-electron chi connectivity index (χ4n) is 2.85. The van der Waals surface area contributed by atoms with Crippen LogP contribution in [0.1, 0.15) is 17.6 Å². The van der Waals surface area contributed by atoms with Gasteiger partial charge in [-0.1, -0.05) is 29.8 Å². The number of benzene rings is 2. The minimum absolute atomic E-state index is 0.126. The van der Waals surface area contributed by atoms with Crippen molar-refractivity contribution in [3.63, 3.8) is 0 Å². The van der Waals surface area contributed by atoms with Crippen LogP contribution in [0.3, 0.4) is 0 Å². The summed E-state index contributed by atoms with van der Waals surface area (Å²) in [7, 11) is 0. The van der Waals surface area contributed by atoms with Crippen molar-refractivity contribution in [1.82, 2.24) is 14.8 Å². The van der Waals surface area contributed by atoms with Crippen LogP contribution in [0, 0.1) is 12.7 Å². The maximum Gasteiger partial charge on any atom is 0.264 e. The van der Waals surface area contributed by atoms with Crippen LogP contribution >= 0.6 is 0 Å². The summed E-state index contributed by atoms with van der Waals surface area (Å²) in [4.78, 5) is 4.55. The number of alkyl halides is 2. The van der Waals surface area contributed by atoms with Gasteiger partial charge >= 0.3 is 0 Å². The molecule has 2 aromatic carbocycles. The zero-order chi connectivity index (χ0) is 18.3. The van der Waals surface area contributed by atoms with Gasteiger partial charge in [-0.25, -0.2) is 22.8 Å². The molecule has 26 heavy (non-hydrogen) atoms. The van der Waals surface area contributed by atoms with Gasteiger partial charge in [-0.2, -0.15) is 5.10 Å². The number of aryl methyl sites for hydroxylation is 1. The summed E-state index contributed by atoms with van der Waals surface area (Å²) < 4.78 is 41.8. The molecule has 0 fully saturated rings. The predicted octanol–water partition coefficient (Wildman–Crippen LogP) is 5.47. The smallest absolute Gasteiger partial charge is 0.228 e. The van der Waals surface area contributed by atoms with Gasteiger partial charge in [0.05, 0.1) is 17.6 Å². The first-order chi connectivity index (χ1) is 12.5. The molecule has 2 heterocycles. The highest BCUT2D eigenvalue weighted by molar-refractivity contribution is 5.83. The van der Waals surface area contributed by atoms with E-state index >= 15 is 0 Å². The Morgan fingerprint density at radius 2 is 1.65 bits per heavy atom. The SMILES string of the molecule is Cc1ccc(-c2cc(C(F)F)c3cnn(-c4ccc(F)cc4)c3n2)cc1. The van der Waals surface area contributed by atoms with Gasteiger partial charge in [0.15, 0.2) is 5.65 Å². The third kappa shape index (κ3) is 2.83. The second-order valence-electron chi connectivity index (χ2n) is 6.03. The topological polar surface area (TPSA) is 30.7 Å². The van der Waals surface area contributed by atoms with Crippen molar-refractivity contribution in [2.45, 2.75) is 13.3 Å². The highest BCUT2D eigenvalue weighted by Crippen LogP contribution is 2.32. The molecule has 0 aliphatic heterocycles. The molecule has 0 radical (unpaired) electrons. The van der Waals surface area contributed by atoms with E-state index in [2.05, 4.69) is 10.1 Å². The van der Waals surface area contributed by atoms with Crippen molar-refractivity contribution in [3.05, 3.63) is 77.7 Å². The number of pyridine rings is 1. The Labute approximate surface area is 147 Å². The lowest BCUT2D eigenvalue weighted by Crippen LogP contribution is -2.00. The average molecular weight is 353 g/mol. The lowest BCUT2D eigenvalue weighted by molar-refractivity contribution is 0.153. The number of fused-ring (bicyclic) bond motifs is 1. The number of rotatable bonds is 3. The van der Waals surface area contributed by atoms with E-state index < -0.39 is 6.43 Å². The number of halogens is 3. The standard InChI is InChI=1S/C20H14F3N3/c1-12-2-4-13(5-3-12)18-10-16(19(22)23)17-11-24-26(20(17)25-18)15-8-6-14(21)7-9-15/h2-11,19H,1H3. The Morgan fingerprint density at radius 3 is 2.31 bits per heavy atom. The zero-order valence-electron chi connectivity index (χ0n) is 13.8. The molecular formula is C20H14F3N3. The van der Waals surface area contributed by atoms with Crippen molar-refractivity contribution < 1.29 is 13.2 Å². The molecule has 0 unspecified atom stereocenters. The van der Waals surface area contributed by atoms with Crippen molar-refractivity contribution in [1.29, 1.82) is 0 Å². The molecule has 130 valence electrons. The van der Waals surface area contributed by atoms with Gasteiger partial charge < -0.3 is 0 Å². The van der Waals surface area contributed by atoms with Gasteiger partial charge in [0.2, 0.25) is 0 Å². The Hall–Kier alpha value is -3.15. The van der Waals surface area contributed by atoms with E-state index in [1.54, 1.807) is 0 Å². The fraction of sp³-hybridized carbons (Fsp3) is 0.100. The zero-order valence-corrected chi connectivity index (χ0v) is 13.8. The number of hydrogen-bond donors (Lipinski definition) is 0. The van der Waals surface area contributed by atoms with Crippen LogP contribution in [0.15, 0.2) is 60.8 Å². The Bertz CT molecular complexity index is 1070. The molecule has 4 rings (SSSR count). The van der Waals surface area contributed by atoms with Crippen molar-refractivity contribution in [2.24, 2.45) is 0 Å². The molecular weight excluding hydrogens is 339 g/mol. The molecule has 3 nitrogen and oxygen atoms in total. The molecule has 0 saturated heterocycles. The minimum Gasteiger partial charge on any atom is -0.228 e. The van der Waals surface area contributed by atoms with E-state index in [1.165, 1.54) is 41.2 Å². The van der Waals surface area contributed by atoms with E-state index in [0.29, 0.717) is 17.0 Å². The van der Waals surface area contributed by atoms with Crippen LogP contribution in [0.4, 0.5) is 13.2 Å². The monoisotopic (exact) mass is 353 g/mol. The van der Waals surface area contributed by atoms with Gasteiger partial charge in [0.25, 0.3) is 6.43 Å². The summed E-state index contributed by atoms with van der Waals surface area (Å²) in [6.07, 6.45) is -1.29. The van der Waals surface area contributed by atoms with Crippen LogP contribution < -0.4 is 0 Å². The summed E-state index contributed by atoms with van der Waals surface area (Å²) in [5.74, 6) is -0.383. The third-order valence-corrected chi connectivity index (χ3v) is 4.23. The molecule has 0 bridgehead atoms. The van der Waals surface area contributed by atoms with Crippen LogP contribution in [0.5, 0.6) is 0 Å². The lowest BCUT2D eigenvalue weighted by atomic mass is 10.1. The first-order valence-corrected chi connectivity index (χ1v) is 8.03. The van der Waals surface area contributed by atoms with Crippen molar-refractivity contribution in [3.8, 4) is 16.9 Å². The number of nitrogens with zero attached hydrogens (tertiary/aromatic N) is 3. The Kier molecular flexibility index (Phi) is 3.95. The molecule has 0 spiro atoms. The first-order valence-electron chi connectivity index (χ1n) is 8.03. The van der Waals surface area contributed by atoms with E-state index in [0.717, 1.165) is 11.1 Å². The average Bonchev–Trinajstić information content (AvgIpc) is 3.06. The van der Waals surface area contributed by atoms with Crippen LogP contribution in [0.25, 0.3) is 28.0 Å².